The van der Waals surface area contributed by atoms with E-state index in [0.717, 1.165) is 16.5 Å². The zero-order valence-electron chi connectivity index (χ0n) is 8.15. The van der Waals surface area contributed by atoms with Gasteiger partial charge in [-0.15, -0.1) is 0 Å². The van der Waals surface area contributed by atoms with Crippen LogP contribution in [0.15, 0.2) is 24.9 Å². The third-order valence-corrected chi connectivity index (χ3v) is 1.60. The molecular weight excluding hydrogens is 162 g/mol. The number of hydrogen-bond acceptors (Lipinski definition) is 3. The Morgan fingerprint density at radius 1 is 1.00 bits per heavy atom. The summed E-state index contributed by atoms with van der Waals surface area (Å²) in [7, 11) is 0. The van der Waals surface area contributed by atoms with Crippen molar-refractivity contribution in [1.29, 1.82) is 0 Å². The number of pyridine rings is 1. The van der Waals surface area contributed by atoms with E-state index < -0.39 is 0 Å². The number of rotatable bonds is 0. The second kappa shape index (κ2) is 4.50. The largest absolute Gasteiger partial charge is 0.264 e. The minimum Gasteiger partial charge on any atom is -0.264 e. The standard InChI is InChI=1S/C8H7N3.C2H6/c1-6-2-9-3-7-4-10-5-11-8(6)7;1-2/h2-5H,1H3;1-2H3. The molecule has 0 saturated heterocycles. The molecule has 0 aromatic carbocycles. The minimum atomic E-state index is 0.981. The first-order valence-corrected chi connectivity index (χ1v) is 4.38. The van der Waals surface area contributed by atoms with E-state index in [4.69, 9.17) is 0 Å². The van der Waals surface area contributed by atoms with Crippen molar-refractivity contribution in [1.82, 2.24) is 15.0 Å². The molecule has 0 aliphatic rings. The lowest BCUT2D eigenvalue weighted by molar-refractivity contribution is 1.19. The second-order valence-electron chi connectivity index (χ2n) is 2.42. The lowest BCUT2D eigenvalue weighted by atomic mass is 10.2. The van der Waals surface area contributed by atoms with E-state index in [9.17, 15) is 0 Å². The Bertz CT molecular complexity index is 379. The second-order valence-corrected chi connectivity index (χ2v) is 2.42. The Balaban J connectivity index is 0.000000396. The van der Waals surface area contributed by atoms with Crippen LogP contribution in [0.2, 0.25) is 0 Å². The average Bonchev–Trinajstić information content (AvgIpc) is 2.22. The number of fused-ring (bicyclic) bond motifs is 1. The fraction of sp³-hybridized carbons (Fsp3) is 0.300. The monoisotopic (exact) mass is 175 g/mol. The summed E-state index contributed by atoms with van der Waals surface area (Å²) in [5.41, 5.74) is 2.07. The minimum absolute atomic E-state index is 0.981. The van der Waals surface area contributed by atoms with Crippen LogP contribution in [0.4, 0.5) is 0 Å². The summed E-state index contributed by atoms with van der Waals surface area (Å²) in [5.74, 6) is 0. The molecule has 2 heterocycles. The maximum absolute atomic E-state index is 4.13. The Hall–Kier alpha value is -1.51. The van der Waals surface area contributed by atoms with Gasteiger partial charge in [-0.1, -0.05) is 13.8 Å². The molecule has 2 aromatic rings. The van der Waals surface area contributed by atoms with Crippen LogP contribution < -0.4 is 0 Å². The molecule has 0 bridgehead atoms. The van der Waals surface area contributed by atoms with Gasteiger partial charge >= 0.3 is 0 Å². The van der Waals surface area contributed by atoms with E-state index in [1.807, 2.05) is 20.8 Å². The smallest absolute Gasteiger partial charge is 0.116 e. The molecule has 0 N–H and O–H groups in total. The first kappa shape index (κ1) is 9.58. The molecule has 13 heavy (non-hydrogen) atoms. The predicted octanol–water partition coefficient (Wildman–Crippen LogP) is 2.36. The molecule has 0 aliphatic carbocycles. The van der Waals surface area contributed by atoms with Crippen molar-refractivity contribution in [2.24, 2.45) is 0 Å². The lowest BCUT2D eigenvalue weighted by Crippen LogP contribution is -1.85. The van der Waals surface area contributed by atoms with Crippen LogP contribution in [0.3, 0.4) is 0 Å². The van der Waals surface area contributed by atoms with Gasteiger partial charge in [-0.25, -0.2) is 9.97 Å². The SMILES string of the molecule is CC.Cc1cncc2cncnc12. The van der Waals surface area contributed by atoms with Gasteiger partial charge < -0.3 is 0 Å². The molecule has 0 fully saturated rings. The summed E-state index contributed by atoms with van der Waals surface area (Å²) in [6.07, 6.45) is 6.88. The summed E-state index contributed by atoms with van der Waals surface area (Å²) in [5, 5.41) is 0.993. The molecule has 0 atom stereocenters. The first-order valence-electron chi connectivity index (χ1n) is 4.38. The van der Waals surface area contributed by atoms with E-state index in [0.29, 0.717) is 0 Å². The fourth-order valence-electron chi connectivity index (χ4n) is 1.05. The van der Waals surface area contributed by atoms with Crippen LogP contribution in [0.1, 0.15) is 19.4 Å². The van der Waals surface area contributed by atoms with Crippen molar-refractivity contribution in [3.8, 4) is 0 Å². The highest BCUT2D eigenvalue weighted by molar-refractivity contribution is 5.78. The summed E-state index contributed by atoms with van der Waals surface area (Å²) in [4.78, 5) is 12.1. The Kier molecular flexibility index (Phi) is 3.31. The topological polar surface area (TPSA) is 38.7 Å². The molecule has 0 unspecified atom stereocenters. The van der Waals surface area contributed by atoms with Gasteiger partial charge in [0, 0.05) is 24.0 Å². The first-order chi connectivity index (χ1) is 6.38. The normalized spacial score (nSPS) is 9.15. The summed E-state index contributed by atoms with van der Waals surface area (Å²) >= 11 is 0. The highest BCUT2D eigenvalue weighted by Gasteiger charge is 1.95. The van der Waals surface area contributed by atoms with Crippen LogP contribution in [-0.2, 0) is 0 Å². The van der Waals surface area contributed by atoms with Gasteiger partial charge in [-0.05, 0) is 12.5 Å². The Labute approximate surface area is 77.9 Å². The molecule has 3 nitrogen and oxygen atoms in total. The molecule has 2 rings (SSSR count). The molecule has 2 aromatic heterocycles. The van der Waals surface area contributed by atoms with Crippen LogP contribution >= 0.6 is 0 Å². The lowest BCUT2D eigenvalue weighted by Gasteiger charge is -1.96. The molecule has 0 saturated carbocycles. The number of hydrogen-bond donors (Lipinski definition) is 0. The van der Waals surface area contributed by atoms with Crippen LogP contribution in [0.25, 0.3) is 10.9 Å². The summed E-state index contributed by atoms with van der Waals surface area (Å²) < 4.78 is 0. The Morgan fingerprint density at radius 2 is 1.69 bits per heavy atom. The van der Waals surface area contributed by atoms with Crippen LogP contribution in [0, 0.1) is 6.92 Å². The van der Waals surface area contributed by atoms with Crippen molar-refractivity contribution in [3.63, 3.8) is 0 Å². The van der Waals surface area contributed by atoms with Crippen molar-refractivity contribution in [2.75, 3.05) is 0 Å². The number of aromatic nitrogens is 3. The average molecular weight is 175 g/mol. The van der Waals surface area contributed by atoms with Gasteiger partial charge in [0.2, 0.25) is 0 Å². The summed E-state index contributed by atoms with van der Waals surface area (Å²) in [6.45, 7) is 5.99. The van der Waals surface area contributed by atoms with E-state index in [1.165, 1.54) is 0 Å². The van der Waals surface area contributed by atoms with Gasteiger partial charge in [-0.3, -0.25) is 4.98 Å². The van der Waals surface area contributed by atoms with E-state index >= 15 is 0 Å². The molecule has 0 amide bonds. The fourth-order valence-corrected chi connectivity index (χ4v) is 1.05. The van der Waals surface area contributed by atoms with Crippen molar-refractivity contribution >= 4 is 10.9 Å². The molecule has 3 heteroatoms. The van der Waals surface area contributed by atoms with E-state index in [-0.39, 0.29) is 0 Å². The van der Waals surface area contributed by atoms with Crippen molar-refractivity contribution < 1.29 is 0 Å². The predicted molar refractivity (Wildman–Crippen MR) is 53.4 cm³/mol. The summed E-state index contributed by atoms with van der Waals surface area (Å²) in [6, 6.07) is 0. The zero-order chi connectivity index (χ0) is 9.68. The van der Waals surface area contributed by atoms with Gasteiger partial charge in [0.25, 0.3) is 0 Å². The maximum atomic E-state index is 4.13. The van der Waals surface area contributed by atoms with Crippen molar-refractivity contribution in [3.05, 3.63) is 30.5 Å². The zero-order valence-corrected chi connectivity index (χ0v) is 8.15. The molecular formula is C10H13N3. The molecule has 0 spiro atoms. The molecule has 68 valence electrons. The third kappa shape index (κ3) is 1.99. The van der Waals surface area contributed by atoms with Gasteiger partial charge in [-0.2, -0.15) is 0 Å². The van der Waals surface area contributed by atoms with Gasteiger partial charge in [0.1, 0.15) is 6.33 Å². The Morgan fingerprint density at radius 3 is 2.38 bits per heavy atom. The highest BCUT2D eigenvalue weighted by atomic mass is 14.8. The van der Waals surface area contributed by atoms with Gasteiger partial charge in [0.15, 0.2) is 0 Å². The maximum Gasteiger partial charge on any atom is 0.116 e. The molecule has 0 radical (unpaired) electrons. The quantitative estimate of drug-likeness (QED) is 0.617. The van der Waals surface area contributed by atoms with E-state index in [1.54, 1.807) is 24.9 Å². The number of nitrogens with zero attached hydrogens (tertiary/aromatic N) is 3. The van der Waals surface area contributed by atoms with Crippen LogP contribution in [-0.4, -0.2) is 15.0 Å². The van der Waals surface area contributed by atoms with E-state index in [2.05, 4.69) is 15.0 Å². The molecule has 0 aliphatic heterocycles. The number of aryl methyl sites for hydroxylation is 1. The third-order valence-electron chi connectivity index (χ3n) is 1.60. The van der Waals surface area contributed by atoms with Gasteiger partial charge in [0.05, 0.1) is 5.52 Å². The highest BCUT2D eigenvalue weighted by Crippen LogP contribution is 2.10. The van der Waals surface area contributed by atoms with Crippen LogP contribution in [0.5, 0.6) is 0 Å². The van der Waals surface area contributed by atoms with Crippen molar-refractivity contribution in [2.45, 2.75) is 20.8 Å².